The molecule has 0 atom stereocenters. The number of rotatable bonds is 4. The minimum absolute atomic E-state index is 0.384. The lowest BCUT2D eigenvalue weighted by atomic mass is 10.1. The molecule has 0 saturated heterocycles. The first-order valence-electron chi connectivity index (χ1n) is 8.24. The van der Waals surface area contributed by atoms with Crippen molar-refractivity contribution >= 4 is 16.9 Å². The van der Waals surface area contributed by atoms with Gasteiger partial charge in [-0.1, -0.05) is 12.1 Å². The second kappa shape index (κ2) is 6.97. The van der Waals surface area contributed by atoms with Crippen LogP contribution in [0.2, 0.25) is 0 Å². The predicted molar refractivity (Wildman–Crippen MR) is 97.7 cm³/mol. The zero-order valence-corrected chi connectivity index (χ0v) is 14.1. The summed E-state index contributed by atoms with van der Waals surface area (Å²) in [6, 6.07) is 13.9. The summed E-state index contributed by atoms with van der Waals surface area (Å²) in [6.45, 7) is 0.592. The standard InChI is InChI=1S/C20H15FN4O2/c21-18-6-5-16(10-22-18)17-9-15-7-8-25(19(15)23-11-17)12-13-1-3-14(4-2-13)20(26)24-27/h1-11,27H,12H2,(H,24,26). The summed E-state index contributed by atoms with van der Waals surface area (Å²) in [7, 11) is 0. The van der Waals surface area contributed by atoms with Gasteiger partial charge in [-0.05, 0) is 42.0 Å². The molecule has 2 N–H and O–H groups in total. The lowest BCUT2D eigenvalue weighted by Gasteiger charge is -2.07. The number of pyridine rings is 2. The maximum atomic E-state index is 13.0. The molecule has 6 nitrogen and oxygen atoms in total. The van der Waals surface area contributed by atoms with Crippen LogP contribution in [0.4, 0.5) is 4.39 Å². The monoisotopic (exact) mass is 362 g/mol. The van der Waals surface area contributed by atoms with Crippen LogP contribution in [0, 0.1) is 5.95 Å². The number of hydrogen-bond acceptors (Lipinski definition) is 4. The summed E-state index contributed by atoms with van der Waals surface area (Å²) in [5, 5.41) is 9.63. The molecule has 0 aliphatic heterocycles. The molecule has 134 valence electrons. The van der Waals surface area contributed by atoms with Gasteiger partial charge < -0.3 is 4.57 Å². The minimum Gasteiger partial charge on any atom is -0.328 e. The van der Waals surface area contributed by atoms with Crippen LogP contribution in [0.1, 0.15) is 15.9 Å². The third-order valence-electron chi connectivity index (χ3n) is 4.33. The van der Waals surface area contributed by atoms with Gasteiger partial charge in [-0.15, -0.1) is 0 Å². The van der Waals surface area contributed by atoms with E-state index in [9.17, 15) is 9.18 Å². The van der Waals surface area contributed by atoms with Gasteiger partial charge in [0.1, 0.15) is 5.65 Å². The van der Waals surface area contributed by atoms with Gasteiger partial charge in [0, 0.05) is 47.2 Å². The number of amides is 1. The maximum absolute atomic E-state index is 13.0. The minimum atomic E-state index is -0.544. The molecular weight excluding hydrogens is 347 g/mol. The van der Waals surface area contributed by atoms with E-state index >= 15 is 0 Å². The lowest BCUT2D eigenvalue weighted by molar-refractivity contribution is 0.0706. The second-order valence-corrected chi connectivity index (χ2v) is 6.09. The van der Waals surface area contributed by atoms with Crippen molar-refractivity contribution in [1.29, 1.82) is 0 Å². The van der Waals surface area contributed by atoms with Gasteiger partial charge in [0.15, 0.2) is 0 Å². The first-order chi connectivity index (χ1) is 13.1. The normalized spacial score (nSPS) is 10.9. The zero-order valence-electron chi connectivity index (χ0n) is 14.1. The maximum Gasteiger partial charge on any atom is 0.274 e. The Morgan fingerprint density at radius 1 is 1.04 bits per heavy atom. The number of nitrogens with zero attached hydrogens (tertiary/aromatic N) is 3. The molecule has 4 aromatic rings. The molecular formula is C20H15FN4O2. The SMILES string of the molecule is O=C(NO)c1ccc(Cn2ccc3cc(-c4ccc(F)nc4)cnc32)cc1. The van der Waals surface area contributed by atoms with Crippen molar-refractivity contribution in [1.82, 2.24) is 20.0 Å². The van der Waals surface area contributed by atoms with E-state index in [-0.39, 0.29) is 0 Å². The third-order valence-corrected chi connectivity index (χ3v) is 4.33. The van der Waals surface area contributed by atoms with Crippen LogP contribution in [-0.2, 0) is 6.54 Å². The topological polar surface area (TPSA) is 80.0 Å². The van der Waals surface area contributed by atoms with Crippen molar-refractivity contribution < 1.29 is 14.4 Å². The summed E-state index contributed by atoms with van der Waals surface area (Å²) in [5.41, 5.74) is 5.49. The molecule has 0 saturated carbocycles. The number of hydrogen-bond donors (Lipinski definition) is 2. The van der Waals surface area contributed by atoms with Gasteiger partial charge in [0.05, 0.1) is 0 Å². The van der Waals surface area contributed by atoms with Crippen LogP contribution in [0.3, 0.4) is 0 Å². The Kier molecular flexibility index (Phi) is 4.35. The molecule has 0 spiro atoms. The molecule has 0 aliphatic carbocycles. The van der Waals surface area contributed by atoms with Gasteiger partial charge in [-0.2, -0.15) is 4.39 Å². The Labute approximate surface area is 153 Å². The Balaban J connectivity index is 1.60. The summed E-state index contributed by atoms with van der Waals surface area (Å²) in [5.74, 6) is -1.06. The van der Waals surface area contributed by atoms with E-state index < -0.39 is 11.9 Å². The summed E-state index contributed by atoms with van der Waals surface area (Å²) >= 11 is 0. The Bertz CT molecular complexity index is 1110. The highest BCUT2D eigenvalue weighted by molar-refractivity contribution is 5.93. The van der Waals surface area contributed by atoms with Gasteiger partial charge >= 0.3 is 0 Å². The van der Waals surface area contributed by atoms with E-state index in [1.54, 1.807) is 29.9 Å². The number of halogens is 1. The highest BCUT2D eigenvalue weighted by Gasteiger charge is 2.08. The van der Waals surface area contributed by atoms with E-state index in [4.69, 9.17) is 5.21 Å². The number of carbonyl (C=O) groups excluding carboxylic acids is 1. The fourth-order valence-corrected chi connectivity index (χ4v) is 2.93. The molecule has 1 aromatic carbocycles. The molecule has 0 aliphatic rings. The van der Waals surface area contributed by atoms with Crippen molar-refractivity contribution in [3.63, 3.8) is 0 Å². The zero-order chi connectivity index (χ0) is 18.8. The average Bonchev–Trinajstić information content (AvgIpc) is 3.10. The molecule has 3 heterocycles. The van der Waals surface area contributed by atoms with E-state index in [0.717, 1.165) is 27.7 Å². The Morgan fingerprint density at radius 2 is 1.81 bits per heavy atom. The molecule has 4 rings (SSSR count). The molecule has 27 heavy (non-hydrogen) atoms. The molecule has 0 unspecified atom stereocenters. The third kappa shape index (κ3) is 3.40. The molecule has 1 amide bonds. The number of fused-ring (bicyclic) bond motifs is 1. The van der Waals surface area contributed by atoms with Crippen LogP contribution in [0.25, 0.3) is 22.2 Å². The smallest absolute Gasteiger partial charge is 0.274 e. The van der Waals surface area contributed by atoms with Crippen molar-refractivity contribution in [2.75, 3.05) is 0 Å². The van der Waals surface area contributed by atoms with Gasteiger partial charge in [-0.25, -0.2) is 15.4 Å². The average molecular weight is 362 g/mol. The summed E-state index contributed by atoms with van der Waals surface area (Å²) in [6.07, 6.45) is 5.17. The summed E-state index contributed by atoms with van der Waals surface area (Å²) in [4.78, 5) is 19.6. The first kappa shape index (κ1) is 16.9. The van der Waals surface area contributed by atoms with Crippen LogP contribution < -0.4 is 5.48 Å². The van der Waals surface area contributed by atoms with E-state index in [1.807, 2.05) is 35.0 Å². The van der Waals surface area contributed by atoms with Gasteiger partial charge in [-0.3, -0.25) is 10.0 Å². The second-order valence-electron chi connectivity index (χ2n) is 6.09. The quantitative estimate of drug-likeness (QED) is 0.331. The highest BCUT2D eigenvalue weighted by atomic mass is 19.1. The molecule has 0 bridgehead atoms. The highest BCUT2D eigenvalue weighted by Crippen LogP contribution is 2.23. The predicted octanol–water partition coefficient (Wildman–Crippen LogP) is 3.40. The van der Waals surface area contributed by atoms with Crippen molar-refractivity contribution in [2.45, 2.75) is 6.54 Å². The van der Waals surface area contributed by atoms with Crippen LogP contribution in [0.5, 0.6) is 0 Å². The van der Waals surface area contributed by atoms with Gasteiger partial charge in [0.2, 0.25) is 5.95 Å². The van der Waals surface area contributed by atoms with Crippen molar-refractivity contribution in [3.05, 3.63) is 84.2 Å². The Morgan fingerprint density at radius 3 is 2.52 bits per heavy atom. The number of nitrogens with one attached hydrogen (secondary N) is 1. The Hall–Kier alpha value is -3.58. The first-order valence-corrected chi connectivity index (χ1v) is 8.24. The van der Waals surface area contributed by atoms with E-state index in [2.05, 4.69) is 9.97 Å². The molecule has 7 heteroatoms. The lowest BCUT2D eigenvalue weighted by Crippen LogP contribution is -2.18. The number of benzene rings is 1. The van der Waals surface area contributed by atoms with Crippen molar-refractivity contribution in [3.8, 4) is 11.1 Å². The van der Waals surface area contributed by atoms with E-state index in [1.165, 1.54) is 12.3 Å². The molecule has 0 fully saturated rings. The fourth-order valence-electron chi connectivity index (χ4n) is 2.93. The summed E-state index contributed by atoms with van der Waals surface area (Å²) < 4.78 is 15.0. The molecule has 3 aromatic heterocycles. The number of aromatic nitrogens is 3. The number of carbonyl (C=O) groups is 1. The molecule has 0 radical (unpaired) electrons. The van der Waals surface area contributed by atoms with E-state index in [0.29, 0.717) is 12.1 Å². The number of hydroxylamine groups is 1. The van der Waals surface area contributed by atoms with Gasteiger partial charge in [0.25, 0.3) is 5.91 Å². The fraction of sp³-hybridized carbons (Fsp3) is 0.0500. The van der Waals surface area contributed by atoms with Crippen LogP contribution in [0.15, 0.2) is 67.1 Å². The van der Waals surface area contributed by atoms with Crippen molar-refractivity contribution in [2.24, 2.45) is 0 Å². The van der Waals surface area contributed by atoms with Crippen LogP contribution >= 0.6 is 0 Å². The van der Waals surface area contributed by atoms with Crippen LogP contribution in [-0.4, -0.2) is 25.6 Å². The largest absolute Gasteiger partial charge is 0.328 e.